The van der Waals surface area contributed by atoms with Crippen molar-refractivity contribution in [3.05, 3.63) is 52.9 Å². The summed E-state index contributed by atoms with van der Waals surface area (Å²) in [6.07, 6.45) is 5.34. The van der Waals surface area contributed by atoms with E-state index in [0.29, 0.717) is 18.9 Å². The number of halogens is 2. The van der Waals surface area contributed by atoms with Crippen LogP contribution >= 0.6 is 11.6 Å². The normalized spacial score (nSPS) is 16.1. The van der Waals surface area contributed by atoms with E-state index >= 15 is 0 Å². The van der Waals surface area contributed by atoms with Gasteiger partial charge in [-0.2, -0.15) is 9.41 Å². The maximum atomic E-state index is 13.6. The summed E-state index contributed by atoms with van der Waals surface area (Å²) in [5, 5.41) is 4.14. The molecule has 0 radical (unpaired) electrons. The first-order valence-corrected chi connectivity index (χ1v) is 9.99. The fourth-order valence-electron chi connectivity index (χ4n) is 2.65. The maximum absolute atomic E-state index is 13.6. The fraction of sp³-hybridized carbons (Fsp3) is 0.294. The molecule has 138 valence electrons. The van der Waals surface area contributed by atoms with Gasteiger partial charge in [0.2, 0.25) is 10.0 Å². The van der Waals surface area contributed by atoms with Gasteiger partial charge in [0, 0.05) is 24.8 Å². The number of piperidine rings is 1. The second kappa shape index (κ2) is 8.11. The number of rotatable bonds is 5. The molecule has 1 N–H and O–H groups in total. The van der Waals surface area contributed by atoms with Crippen molar-refractivity contribution < 1.29 is 12.8 Å². The SMILES string of the molecule is O=S(=O)(c1ccc(N/N=C/c2c(F)cccc2Cl)nc1)N1CCCCC1. The summed E-state index contributed by atoms with van der Waals surface area (Å²) in [6, 6.07) is 7.34. The van der Waals surface area contributed by atoms with Crippen LogP contribution in [0, 0.1) is 5.82 Å². The Morgan fingerprint density at radius 1 is 1.19 bits per heavy atom. The van der Waals surface area contributed by atoms with Crippen LogP contribution in [0.5, 0.6) is 0 Å². The minimum Gasteiger partial charge on any atom is -0.261 e. The molecular formula is C17H18ClFN4O2S. The Morgan fingerprint density at radius 2 is 1.96 bits per heavy atom. The summed E-state index contributed by atoms with van der Waals surface area (Å²) in [5.41, 5.74) is 2.79. The third-order valence-corrected chi connectivity index (χ3v) is 6.27. The highest BCUT2D eigenvalue weighted by Gasteiger charge is 2.26. The number of anilines is 1. The molecule has 1 fully saturated rings. The molecule has 0 aliphatic carbocycles. The van der Waals surface area contributed by atoms with Crippen LogP contribution in [0.1, 0.15) is 24.8 Å². The second-order valence-electron chi connectivity index (χ2n) is 5.85. The zero-order valence-corrected chi connectivity index (χ0v) is 15.5. The van der Waals surface area contributed by atoms with Crippen LogP contribution in [0.4, 0.5) is 10.2 Å². The average Bonchev–Trinajstić information content (AvgIpc) is 2.65. The van der Waals surface area contributed by atoms with Gasteiger partial charge in [-0.1, -0.05) is 24.1 Å². The molecule has 1 aromatic carbocycles. The zero-order chi connectivity index (χ0) is 18.6. The van der Waals surface area contributed by atoms with Crippen molar-refractivity contribution in [3.8, 4) is 0 Å². The van der Waals surface area contributed by atoms with Crippen LogP contribution in [-0.2, 0) is 10.0 Å². The molecule has 1 aromatic heterocycles. The zero-order valence-electron chi connectivity index (χ0n) is 13.9. The Bertz CT molecular complexity index is 877. The Labute approximate surface area is 156 Å². The van der Waals surface area contributed by atoms with Gasteiger partial charge >= 0.3 is 0 Å². The summed E-state index contributed by atoms with van der Waals surface area (Å²) in [5.74, 6) is -0.148. The van der Waals surface area contributed by atoms with Crippen molar-refractivity contribution in [2.45, 2.75) is 24.2 Å². The summed E-state index contributed by atoms with van der Waals surface area (Å²) in [7, 11) is -3.52. The number of hydrazone groups is 1. The lowest BCUT2D eigenvalue weighted by molar-refractivity contribution is 0.346. The molecular weight excluding hydrogens is 379 g/mol. The number of aromatic nitrogens is 1. The van der Waals surface area contributed by atoms with E-state index in [0.717, 1.165) is 19.3 Å². The average molecular weight is 397 g/mol. The van der Waals surface area contributed by atoms with E-state index in [4.69, 9.17) is 11.6 Å². The van der Waals surface area contributed by atoms with Crippen LogP contribution in [0.25, 0.3) is 0 Å². The highest BCUT2D eigenvalue weighted by atomic mass is 35.5. The van der Waals surface area contributed by atoms with Gasteiger partial charge in [-0.05, 0) is 37.1 Å². The van der Waals surface area contributed by atoms with Crippen LogP contribution in [-0.4, -0.2) is 37.0 Å². The number of pyridine rings is 1. The topological polar surface area (TPSA) is 74.7 Å². The third kappa shape index (κ3) is 4.20. The van der Waals surface area contributed by atoms with Crippen molar-refractivity contribution in [2.24, 2.45) is 5.10 Å². The summed E-state index contributed by atoms with van der Waals surface area (Å²) < 4.78 is 40.2. The lowest BCUT2D eigenvalue weighted by atomic mass is 10.2. The molecule has 0 atom stereocenters. The molecule has 26 heavy (non-hydrogen) atoms. The molecule has 9 heteroatoms. The smallest absolute Gasteiger partial charge is 0.244 e. The number of hydrogen-bond acceptors (Lipinski definition) is 5. The Hall–Kier alpha value is -2.03. The van der Waals surface area contributed by atoms with Gasteiger partial charge in [-0.3, -0.25) is 5.43 Å². The molecule has 2 aromatic rings. The molecule has 1 saturated heterocycles. The van der Waals surface area contributed by atoms with Crippen molar-refractivity contribution in [3.63, 3.8) is 0 Å². The summed E-state index contributed by atoms with van der Waals surface area (Å²) in [6.45, 7) is 1.08. The highest BCUT2D eigenvalue weighted by Crippen LogP contribution is 2.21. The van der Waals surface area contributed by atoms with Gasteiger partial charge in [0.25, 0.3) is 0 Å². The van der Waals surface area contributed by atoms with Gasteiger partial charge in [0.15, 0.2) is 0 Å². The molecule has 0 bridgehead atoms. The molecule has 0 saturated carbocycles. The predicted octanol–water partition coefficient (Wildman–Crippen LogP) is 3.49. The van der Waals surface area contributed by atoms with E-state index < -0.39 is 15.8 Å². The highest BCUT2D eigenvalue weighted by molar-refractivity contribution is 7.89. The number of sulfonamides is 1. The van der Waals surface area contributed by atoms with E-state index in [1.807, 2.05) is 0 Å². The Balaban J connectivity index is 1.69. The van der Waals surface area contributed by atoms with E-state index in [1.165, 1.54) is 41.0 Å². The molecule has 6 nitrogen and oxygen atoms in total. The van der Waals surface area contributed by atoms with Crippen LogP contribution in [0.15, 0.2) is 46.5 Å². The number of nitrogens with one attached hydrogen (secondary N) is 1. The predicted molar refractivity (Wildman–Crippen MR) is 99.5 cm³/mol. The molecule has 1 aliphatic rings. The summed E-state index contributed by atoms with van der Waals surface area (Å²) in [4.78, 5) is 4.20. The number of benzene rings is 1. The van der Waals surface area contributed by atoms with E-state index in [2.05, 4.69) is 15.5 Å². The van der Waals surface area contributed by atoms with Crippen molar-refractivity contribution in [1.82, 2.24) is 9.29 Å². The standard InChI is InChI=1S/C17H18ClFN4O2S/c18-15-5-4-6-16(19)14(15)12-21-22-17-8-7-13(11-20-17)26(24,25)23-9-2-1-3-10-23/h4-8,11-12H,1-3,9-10H2,(H,20,22)/b21-12+. The largest absolute Gasteiger partial charge is 0.261 e. The van der Waals surface area contributed by atoms with Gasteiger partial charge in [0.05, 0.1) is 11.2 Å². The third-order valence-electron chi connectivity index (χ3n) is 4.06. The van der Waals surface area contributed by atoms with E-state index in [1.54, 1.807) is 6.07 Å². The second-order valence-corrected chi connectivity index (χ2v) is 8.19. The van der Waals surface area contributed by atoms with Crippen LogP contribution in [0.2, 0.25) is 5.02 Å². The van der Waals surface area contributed by atoms with Crippen molar-refractivity contribution in [2.75, 3.05) is 18.5 Å². The van der Waals surface area contributed by atoms with Crippen LogP contribution < -0.4 is 5.43 Å². The summed E-state index contributed by atoms with van der Waals surface area (Å²) >= 11 is 5.91. The number of hydrogen-bond donors (Lipinski definition) is 1. The first-order valence-electron chi connectivity index (χ1n) is 8.18. The minimum absolute atomic E-state index is 0.145. The van der Waals surface area contributed by atoms with Crippen LogP contribution in [0.3, 0.4) is 0 Å². The Morgan fingerprint density at radius 3 is 2.62 bits per heavy atom. The first kappa shape index (κ1) is 18.8. The van der Waals surface area contributed by atoms with Gasteiger partial charge in [-0.25, -0.2) is 17.8 Å². The lowest BCUT2D eigenvalue weighted by Crippen LogP contribution is -2.35. The van der Waals surface area contributed by atoms with Gasteiger partial charge < -0.3 is 0 Å². The molecule has 0 amide bonds. The molecule has 0 spiro atoms. The minimum atomic E-state index is -3.52. The molecule has 3 rings (SSSR count). The molecule has 2 heterocycles. The maximum Gasteiger partial charge on any atom is 0.244 e. The van der Waals surface area contributed by atoms with Crippen molar-refractivity contribution >= 4 is 33.7 Å². The first-order chi connectivity index (χ1) is 12.5. The van der Waals surface area contributed by atoms with E-state index in [-0.39, 0.29) is 15.5 Å². The van der Waals surface area contributed by atoms with E-state index in [9.17, 15) is 12.8 Å². The molecule has 1 aliphatic heterocycles. The quantitative estimate of drug-likeness (QED) is 0.620. The fourth-order valence-corrected chi connectivity index (χ4v) is 4.33. The van der Waals surface area contributed by atoms with Crippen molar-refractivity contribution in [1.29, 1.82) is 0 Å². The molecule has 0 unspecified atom stereocenters. The monoisotopic (exact) mass is 396 g/mol. The lowest BCUT2D eigenvalue weighted by Gasteiger charge is -2.25. The Kier molecular flexibility index (Phi) is 5.85. The van der Waals surface area contributed by atoms with Gasteiger partial charge in [0.1, 0.15) is 16.5 Å². The van der Waals surface area contributed by atoms with Gasteiger partial charge in [-0.15, -0.1) is 0 Å². The number of nitrogens with zero attached hydrogens (tertiary/aromatic N) is 3.